The van der Waals surface area contributed by atoms with Crippen LogP contribution in [0.15, 0.2) is 54.6 Å². The van der Waals surface area contributed by atoms with Gasteiger partial charge < -0.3 is 19.8 Å². The Labute approximate surface area is 202 Å². The van der Waals surface area contributed by atoms with E-state index in [0.29, 0.717) is 16.4 Å². The molecule has 2 N–H and O–H groups in total. The molecule has 1 unspecified atom stereocenters. The topological polar surface area (TPSA) is 70.0 Å². The highest BCUT2D eigenvalue weighted by Crippen LogP contribution is 2.53. The van der Waals surface area contributed by atoms with Crippen LogP contribution in [0, 0.1) is 5.82 Å². The van der Waals surface area contributed by atoms with Gasteiger partial charge in [-0.25, -0.2) is 9.18 Å². The number of benzene rings is 3. The SMILES string of the molecule is CC1(C)CCc2cc([C@@]3(C)c4cc(Cl)ccc4N(c4ccc(F)c(C(=O)O)c4)C3O)ccc2O1. The number of ether oxygens (including phenoxy) is 1. The first kappa shape index (κ1) is 22.7. The molecule has 34 heavy (non-hydrogen) atoms. The van der Waals surface area contributed by atoms with E-state index in [1.165, 1.54) is 12.1 Å². The lowest BCUT2D eigenvalue weighted by Gasteiger charge is -2.36. The summed E-state index contributed by atoms with van der Waals surface area (Å²) in [5.74, 6) is -1.37. The fourth-order valence-electron chi connectivity index (χ4n) is 5.06. The van der Waals surface area contributed by atoms with Crippen molar-refractivity contribution >= 4 is 28.9 Å². The Morgan fingerprint density at radius 3 is 2.62 bits per heavy atom. The van der Waals surface area contributed by atoms with Gasteiger partial charge in [0.25, 0.3) is 0 Å². The van der Waals surface area contributed by atoms with E-state index in [1.54, 1.807) is 17.0 Å². The maximum absolute atomic E-state index is 14.1. The van der Waals surface area contributed by atoms with Crippen LogP contribution < -0.4 is 9.64 Å². The average molecular weight is 482 g/mol. The van der Waals surface area contributed by atoms with Crippen molar-refractivity contribution in [2.75, 3.05) is 4.90 Å². The Balaban J connectivity index is 1.66. The van der Waals surface area contributed by atoms with Crippen molar-refractivity contribution in [2.24, 2.45) is 0 Å². The summed E-state index contributed by atoms with van der Waals surface area (Å²) >= 11 is 6.37. The molecular weight excluding hydrogens is 457 g/mol. The molecule has 2 atom stereocenters. The fraction of sp³-hybridized carbons (Fsp3) is 0.296. The van der Waals surface area contributed by atoms with Gasteiger partial charge in [-0.15, -0.1) is 0 Å². The third-order valence-corrected chi connectivity index (χ3v) is 7.28. The van der Waals surface area contributed by atoms with Crippen LogP contribution in [0.5, 0.6) is 5.75 Å². The minimum absolute atomic E-state index is 0.230. The van der Waals surface area contributed by atoms with Gasteiger partial charge in [0.15, 0.2) is 0 Å². The lowest BCUT2D eigenvalue weighted by atomic mass is 9.75. The molecule has 0 fully saturated rings. The smallest absolute Gasteiger partial charge is 0.338 e. The zero-order valence-electron chi connectivity index (χ0n) is 19.1. The highest BCUT2D eigenvalue weighted by Gasteiger charge is 2.49. The number of aliphatic hydroxyl groups excluding tert-OH is 1. The number of hydrogen-bond acceptors (Lipinski definition) is 4. The maximum atomic E-state index is 14.1. The molecule has 5 rings (SSSR count). The molecule has 2 heterocycles. The number of nitrogens with zero attached hydrogens (tertiary/aromatic N) is 1. The summed E-state index contributed by atoms with van der Waals surface area (Å²) in [4.78, 5) is 13.2. The molecule has 7 heteroatoms. The third kappa shape index (κ3) is 3.44. The summed E-state index contributed by atoms with van der Waals surface area (Å²) in [7, 11) is 0. The standard InChI is InChI=1S/C27H25ClFNO4/c1-26(2)11-10-15-12-16(4-9-23(15)34-26)27(3)20-13-17(28)5-8-22(20)30(25(27)33)18-6-7-21(29)19(14-18)24(31)32/h4-9,12-14,25,33H,10-11H2,1-3H3,(H,31,32)/t25?,27-/m0/s1. The summed E-state index contributed by atoms with van der Waals surface area (Å²) in [6.45, 7) is 6.07. The second-order valence-electron chi connectivity index (χ2n) is 9.76. The van der Waals surface area contributed by atoms with E-state index in [0.717, 1.165) is 41.3 Å². The Morgan fingerprint density at radius 2 is 1.88 bits per heavy atom. The van der Waals surface area contributed by atoms with E-state index in [4.69, 9.17) is 16.3 Å². The molecule has 2 aliphatic rings. The average Bonchev–Trinajstić information content (AvgIpc) is 3.00. The van der Waals surface area contributed by atoms with Crippen molar-refractivity contribution < 1.29 is 24.1 Å². The molecule has 2 aliphatic heterocycles. The largest absolute Gasteiger partial charge is 0.488 e. The molecule has 0 bridgehead atoms. The van der Waals surface area contributed by atoms with E-state index >= 15 is 0 Å². The zero-order chi connectivity index (χ0) is 24.4. The van der Waals surface area contributed by atoms with E-state index < -0.39 is 29.0 Å². The summed E-state index contributed by atoms with van der Waals surface area (Å²) < 4.78 is 20.2. The van der Waals surface area contributed by atoms with Crippen molar-refractivity contribution in [1.82, 2.24) is 0 Å². The summed E-state index contributed by atoms with van der Waals surface area (Å²) in [6, 6.07) is 15.1. The number of fused-ring (bicyclic) bond motifs is 2. The van der Waals surface area contributed by atoms with Gasteiger partial charge in [-0.2, -0.15) is 0 Å². The number of aryl methyl sites for hydroxylation is 1. The van der Waals surface area contributed by atoms with Crippen LogP contribution in [0.25, 0.3) is 0 Å². The Hall–Kier alpha value is -3.09. The van der Waals surface area contributed by atoms with Crippen molar-refractivity contribution in [3.8, 4) is 5.75 Å². The van der Waals surface area contributed by atoms with E-state index in [9.17, 15) is 19.4 Å². The monoisotopic (exact) mass is 481 g/mol. The number of aliphatic hydroxyl groups is 1. The Bertz CT molecular complexity index is 1320. The number of rotatable bonds is 3. The molecule has 0 saturated carbocycles. The van der Waals surface area contributed by atoms with Gasteiger partial charge in [-0.3, -0.25) is 0 Å². The van der Waals surface area contributed by atoms with Crippen LogP contribution >= 0.6 is 11.6 Å². The number of hydrogen-bond donors (Lipinski definition) is 2. The number of carboxylic acids is 1. The maximum Gasteiger partial charge on any atom is 0.338 e. The number of anilines is 2. The van der Waals surface area contributed by atoms with Crippen LogP contribution in [0.3, 0.4) is 0 Å². The molecule has 3 aromatic rings. The van der Waals surface area contributed by atoms with E-state index in [2.05, 4.69) is 19.9 Å². The summed E-state index contributed by atoms with van der Waals surface area (Å²) in [6.07, 6.45) is 0.645. The molecule has 3 aromatic carbocycles. The second-order valence-corrected chi connectivity index (χ2v) is 10.2. The first-order chi connectivity index (χ1) is 16.0. The molecule has 0 aromatic heterocycles. The minimum Gasteiger partial charge on any atom is -0.488 e. The van der Waals surface area contributed by atoms with Crippen molar-refractivity contribution in [2.45, 2.75) is 50.9 Å². The van der Waals surface area contributed by atoms with Gasteiger partial charge in [-0.1, -0.05) is 23.7 Å². The van der Waals surface area contributed by atoms with E-state index in [-0.39, 0.29) is 5.60 Å². The van der Waals surface area contributed by atoms with Crippen molar-refractivity contribution in [3.63, 3.8) is 0 Å². The summed E-state index contributed by atoms with van der Waals surface area (Å²) in [5.41, 5.74) is 2.23. The van der Waals surface area contributed by atoms with Crippen LogP contribution in [-0.2, 0) is 11.8 Å². The molecule has 176 valence electrons. The van der Waals surface area contributed by atoms with Gasteiger partial charge in [0.2, 0.25) is 0 Å². The number of carboxylic acid groups (broad SMARTS) is 1. The normalized spacial score (nSPS) is 22.6. The number of halogens is 2. The lowest BCUT2D eigenvalue weighted by molar-refractivity contribution is 0.0691. The lowest BCUT2D eigenvalue weighted by Crippen LogP contribution is -2.42. The highest BCUT2D eigenvalue weighted by molar-refractivity contribution is 6.30. The number of aromatic carboxylic acids is 1. The summed E-state index contributed by atoms with van der Waals surface area (Å²) in [5, 5.41) is 21.7. The van der Waals surface area contributed by atoms with Gasteiger partial charge in [-0.05, 0) is 92.8 Å². The van der Waals surface area contributed by atoms with Crippen LogP contribution in [0.4, 0.5) is 15.8 Å². The van der Waals surface area contributed by atoms with Gasteiger partial charge in [0, 0.05) is 16.4 Å². The van der Waals surface area contributed by atoms with Crippen LogP contribution in [-0.4, -0.2) is 28.0 Å². The quantitative estimate of drug-likeness (QED) is 0.476. The fourth-order valence-corrected chi connectivity index (χ4v) is 5.23. The molecule has 0 radical (unpaired) electrons. The molecular formula is C27H25ClFNO4. The van der Waals surface area contributed by atoms with Gasteiger partial charge in [0.1, 0.15) is 23.4 Å². The highest BCUT2D eigenvalue weighted by atomic mass is 35.5. The van der Waals surface area contributed by atoms with Gasteiger partial charge in [0.05, 0.1) is 11.0 Å². The second kappa shape index (κ2) is 7.72. The first-order valence-electron chi connectivity index (χ1n) is 11.1. The zero-order valence-corrected chi connectivity index (χ0v) is 19.9. The third-order valence-electron chi connectivity index (χ3n) is 7.04. The first-order valence-corrected chi connectivity index (χ1v) is 11.5. The Kier molecular flexibility index (Phi) is 5.15. The minimum atomic E-state index is -1.37. The van der Waals surface area contributed by atoms with Crippen LogP contribution in [0.1, 0.15) is 54.2 Å². The van der Waals surface area contributed by atoms with Crippen molar-refractivity contribution in [1.29, 1.82) is 0 Å². The molecule has 0 spiro atoms. The van der Waals surface area contributed by atoms with Crippen LogP contribution in [0.2, 0.25) is 5.02 Å². The Morgan fingerprint density at radius 1 is 1.12 bits per heavy atom. The number of carbonyl (C=O) groups is 1. The molecule has 0 saturated heterocycles. The molecule has 5 nitrogen and oxygen atoms in total. The van der Waals surface area contributed by atoms with Gasteiger partial charge >= 0.3 is 5.97 Å². The predicted molar refractivity (Wildman–Crippen MR) is 129 cm³/mol. The predicted octanol–water partition coefficient (Wildman–Crippen LogP) is 6.06. The molecule has 0 amide bonds. The van der Waals surface area contributed by atoms with E-state index in [1.807, 2.05) is 25.1 Å². The molecule has 0 aliphatic carbocycles. The van der Waals surface area contributed by atoms with Crippen molar-refractivity contribution in [3.05, 3.63) is 87.7 Å².